The predicted octanol–water partition coefficient (Wildman–Crippen LogP) is 3.33. The van der Waals surface area contributed by atoms with E-state index in [1.54, 1.807) is 62.9 Å². The van der Waals surface area contributed by atoms with Crippen LogP contribution in [-0.4, -0.2) is 30.0 Å². The van der Waals surface area contributed by atoms with Gasteiger partial charge in [-0.25, -0.2) is 9.97 Å². The number of anilines is 1. The Labute approximate surface area is 184 Å². The van der Waals surface area contributed by atoms with Crippen molar-refractivity contribution in [2.45, 2.75) is 20.8 Å². The molecule has 3 heterocycles. The summed E-state index contributed by atoms with van der Waals surface area (Å²) in [5.41, 5.74) is 2.17. The molecule has 32 heavy (non-hydrogen) atoms. The van der Waals surface area contributed by atoms with Crippen molar-refractivity contribution in [3.8, 4) is 17.4 Å². The maximum Gasteiger partial charge on any atom is 0.263 e. The summed E-state index contributed by atoms with van der Waals surface area (Å²) in [5, 5.41) is 2.72. The standard InChI is InChI=1S/C23H22N6O3/c1-14-15(2)29(13-24-14)20-12-21(26-16(3)25-20)32-18-9-7-17(8-10-18)27-22(30)19-6-5-11-28(4)23(19)31/h5-13H,1-4H3,(H,27,30). The van der Waals surface area contributed by atoms with Crippen molar-refractivity contribution in [3.63, 3.8) is 0 Å². The molecule has 0 unspecified atom stereocenters. The number of amides is 1. The minimum absolute atomic E-state index is 0.0735. The van der Waals surface area contributed by atoms with E-state index in [0.717, 1.165) is 11.4 Å². The van der Waals surface area contributed by atoms with Crippen molar-refractivity contribution >= 4 is 11.6 Å². The quantitative estimate of drug-likeness (QED) is 0.521. The van der Waals surface area contributed by atoms with E-state index in [-0.39, 0.29) is 11.1 Å². The molecule has 0 fully saturated rings. The van der Waals surface area contributed by atoms with Gasteiger partial charge < -0.3 is 14.6 Å². The van der Waals surface area contributed by atoms with Gasteiger partial charge >= 0.3 is 0 Å². The molecule has 4 aromatic rings. The van der Waals surface area contributed by atoms with Gasteiger partial charge in [0.05, 0.1) is 5.69 Å². The van der Waals surface area contributed by atoms with Crippen LogP contribution in [0.4, 0.5) is 5.69 Å². The lowest BCUT2D eigenvalue weighted by Gasteiger charge is -2.10. The van der Waals surface area contributed by atoms with E-state index in [4.69, 9.17) is 4.74 Å². The number of aryl methyl sites for hydroxylation is 3. The van der Waals surface area contributed by atoms with Gasteiger partial charge in [0.1, 0.15) is 29.3 Å². The smallest absolute Gasteiger partial charge is 0.263 e. The Morgan fingerprint density at radius 3 is 2.50 bits per heavy atom. The normalized spacial score (nSPS) is 10.8. The number of pyridine rings is 1. The summed E-state index contributed by atoms with van der Waals surface area (Å²) in [5.74, 6) is 1.70. The Morgan fingerprint density at radius 1 is 1.06 bits per heavy atom. The van der Waals surface area contributed by atoms with Crippen LogP contribution in [0.25, 0.3) is 5.82 Å². The second kappa shape index (κ2) is 8.46. The average Bonchev–Trinajstić information content (AvgIpc) is 3.09. The molecular weight excluding hydrogens is 408 g/mol. The van der Waals surface area contributed by atoms with E-state index < -0.39 is 5.91 Å². The van der Waals surface area contributed by atoms with Crippen LogP contribution < -0.4 is 15.6 Å². The molecule has 9 heteroatoms. The van der Waals surface area contributed by atoms with Crippen molar-refractivity contribution in [2.24, 2.45) is 7.05 Å². The lowest BCUT2D eigenvalue weighted by atomic mass is 10.2. The van der Waals surface area contributed by atoms with Crippen LogP contribution in [0, 0.1) is 20.8 Å². The third-order valence-corrected chi connectivity index (χ3v) is 5.00. The number of nitrogens with zero attached hydrogens (tertiary/aromatic N) is 5. The first kappa shape index (κ1) is 21.0. The highest BCUT2D eigenvalue weighted by molar-refractivity contribution is 6.04. The first-order chi connectivity index (χ1) is 15.3. The molecule has 0 radical (unpaired) electrons. The van der Waals surface area contributed by atoms with Crippen molar-refractivity contribution in [1.29, 1.82) is 0 Å². The summed E-state index contributed by atoms with van der Waals surface area (Å²) >= 11 is 0. The number of hydrogen-bond acceptors (Lipinski definition) is 6. The SMILES string of the molecule is Cc1nc(Oc2ccc(NC(=O)c3cccn(C)c3=O)cc2)cc(-n2cnc(C)c2C)n1. The molecule has 3 aromatic heterocycles. The molecule has 0 atom stereocenters. The monoisotopic (exact) mass is 430 g/mol. The summed E-state index contributed by atoms with van der Waals surface area (Å²) in [6.45, 7) is 5.70. The van der Waals surface area contributed by atoms with Crippen LogP contribution in [0.15, 0.2) is 59.8 Å². The third-order valence-electron chi connectivity index (χ3n) is 5.00. The number of carbonyl (C=O) groups is 1. The molecule has 1 amide bonds. The zero-order chi connectivity index (χ0) is 22.8. The number of aromatic nitrogens is 5. The van der Waals surface area contributed by atoms with E-state index in [2.05, 4.69) is 20.3 Å². The highest BCUT2D eigenvalue weighted by Crippen LogP contribution is 2.24. The number of rotatable bonds is 5. The van der Waals surface area contributed by atoms with Crippen LogP contribution in [0.5, 0.6) is 11.6 Å². The highest BCUT2D eigenvalue weighted by atomic mass is 16.5. The van der Waals surface area contributed by atoms with Crippen LogP contribution in [0.3, 0.4) is 0 Å². The second-order valence-electron chi connectivity index (χ2n) is 7.32. The Bertz CT molecular complexity index is 1360. The Kier molecular flexibility index (Phi) is 5.55. The number of carbonyl (C=O) groups excluding carboxylic acids is 1. The number of benzene rings is 1. The molecule has 1 N–H and O–H groups in total. The number of hydrogen-bond donors (Lipinski definition) is 1. The van der Waals surface area contributed by atoms with E-state index in [1.807, 2.05) is 18.4 Å². The first-order valence-corrected chi connectivity index (χ1v) is 9.93. The minimum Gasteiger partial charge on any atom is -0.439 e. The van der Waals surface area contributed by atoms with Crippen LogP contribution in [0.1, 0.15) is 27.6 Å². The Balaban J connectivity index is 1.51. The van der Waals surface area contributed by atoms with Crippen molar-refractivity contribution in [2.75, 3.05) is 5.32 Å². The summed E-state index contributed by atoms with van der Waals surface area (Å²) in [6.07, 6.45) is 3.31. The van der Waals surface area contributed by atoms with Crippen molar-refractivity contribution in [1.82, 2.24) is 24.1 Å². The minimum atomic E-state index is -0.470. The molecule has 0 spiro atoms. The fourth-order valence-corrected chi connectivity index (χ4v) is 3.13. The fraction of sp³-hybridized carbons (Fsp3) is 0.174. The van der Waals surface area contributed by atoms with Gasteiger partial charge in [-0.05, 0) is 57.2 Å². The largest absolute Gasteiger partial charge is 0.439 e. The average molecular weight is 430 g/mol. The fourth-order valence-electron chi connectivity index (χ4n) is 3.13. The van der Waals surface area contributed by atoms with Crippen LogP contribution in [0.2, 0.25) is 0 Å². The topological polar surface area (TPSA) is 104 Å². The zero-order valence-corrected chi connectivity index (χ0v) is 18.2. The van der Waals surface area contributed by atoms with Gasteiger partial charge in [0, 0.05) is 30.7 Å². The number of imidazole rings is 1. The van der Waals surface area contributed by atoms with Gasteiger partial charge in [-0.3, -0.25) is 14.2 Å². The maximum atomic E-state index is 12.4. The summed E-state index contributed by atoms with van der Waals surface area (Å²) in [7, 11) is 1.60. The summed E-state index contributed by atoms with van der Waals surface area (Å²) in [6, 6.07) is 11.7. The molecule has 162 valence electrons. The van der Waals surface area contributed by atoms with Crippen molar-refractivity contribution < 1.29 is 9.53 Å². The Hall–Kier alpha value is -4.27. The Morgan fingerprint density at radius 2 is 1.81 bits per heavy atom. The van der Waals surface area contributed by atoms with Gasteiger partial charge in [-0.1, -0.05) is 0 Å². The molecule has 9 nitrogen and oxygen atoms in total. The first-order valence-electron chi connectivity index (χ1n) is 9.93. The molecule has 0 aliphatic carbocycles. The summed E-state index contributed by atoms with van der Waals surface area (Å²) < 4.78 is 9.13. The second-order valence-corrected chi connectivity index (χ2v) is 7.32. The molecule has 0 aliphatic rings. The van der Waals surface area contributed by atoms with Gasteiger partial charge in [0.25, 0.3) is 11.5 Å². The molecule has 4 rings (SSSR count). The van der Waals surface area contributed by atoms with Crippen LogP contribution in [-0.2, 0) is 7.05 Å². The number of ether oxygens (including phenoxy) is 1. The van der Waals surface area contributed by atoms with Gasteiger partial charge in [-0.15, -0.1) is 0 Å². The molecule has 0 bridgehead atoms. The molecule has 0 saturated carbocycles. The maximum absolute atomic E-state index is 12.4. The van der Waals surface area contributed by atoms with Crippen LogP contribution >= 0.6 is 0 Å². The lowest BCUT2D eigenvalue weighted by Crippen LogP contribution is -2.26. The van der Waals surface area contributed by atoms with E-state index in [9.17, 15) is 9.59 Å². The lowest BCUT2D eigenvalue weighted by molar-refractivity contribution is 0.102. The zero-order valence-electron chi connectivity index (χ0n) is 18.2. The molecule has 1 aromatic carbocycles. The number of nitrogens with one attached hydrogen (secondary N) is 1. The van der Waals surface area contributed by atoms with E-state index >= 15 is 0 Å². The van der Waals surface area contributed by atoms with E-state index in [0.29, 0.717) is 29.0 Å². The van der Waals surface area contributed by atoms with E-state index in [1.165, 1.54) is 10.6 Å². The predicted molar refractivity (Wildman–Crippen MR) is 120 cm³/mol. The van der Waals surface area contributed by atoms with Gasteiger partial charge in [0.15, 0.2) is 0 Å². The third kappa shape index (κ3) is 4.27. The van der Waals surface area contributed by atoms with Crippen molar-refractivity contribution in [3.05, 3.63) is 88.1 Å². The van der Waals surface area contributed by atoms with Gasteiger partial charge in [0.2, 0.25) is 5.88 Å². The highest BCUT2D eigenvalue weighted by Gasteiger charge is 2.12. The molecule has 0 saturated heterocycles. The molecular formula is C23H22N6O3. The molecule has 0 aliphatic heterocycles. The van der Waals surface area contributed by atoms with Gasteiger partial charge in [-0.2, -0.15) is 4.98 Å². The summed E-state index contributed by atoms with van der Waals surface area (Å²) in [4.78, 5) is 37.6.